The Morgan fingerprint density at radius 2 is 2.24 bits per heavy atom. The summed E-state index contributed by atoms with van der Waals surface area (Å²) in [6.07, 6.45) is 0.435. The largest absolute Gasteiger partial charge is 0.481 e. The third-order valence-corrected chi connectivity index (χ3v) is 4.27. The number of anilines is 1. The zero-order valence-corrected chi connectivity index (χ0v) is 13.0. The molecule has 1 aromatic carbocycles. The van der Waals surface area contributed by atoms with Crippen LogP contribution in [-0.4, -0.2) is 35.1 Å². The molecular formula is C14H14BrN3O3. The van der Waals surface area contributed by atoms with Gasteiger partial charge in [0.2, 0.25) is 0 Å². The van der Waals surface area contributed by atoms with Gasteiger partial charge in [0.1, 0.15) is 0 Å². The molecule has 110 valence electrons. The summed E-state index contributed by atoms with van der Waals surface area (Å²) in [5, 5.41) is 20.7. The maximum Gasteiger partial charge on any atom is 0.321 e. The van der Waals surface area contributed by atoms with E-state index in [0.29, 0.717) is 28.7 Å². The highest BCUT2D eigenvalue weighted by Crippen LogP contribution is 2.31. The highest BCUT2D eigenvalue weighted by molar-refractivity contribution is 9.10. The molecule has 1 aromatic rings. The number of benzene rings is 1. The van der Waals surface area contributed by atoms with Crippen molar-refractivity contribution in [3.8, 4) is 6.07 Å². The summed E-state index contributed by atoms with van der Waals surface area (Å²) in [5.74, 6) is -0.891. The number of likely N-dealkylation sites (tertiary alicyclic amines) is 1. The Morgan fingerprint density at radius 3 is 2.76 bits per heavy atom. The van der Waals surface area contributed by atoms with Crippen molar-refractivity contribution >= 4 is 33.6 Å². The predicted molar refractivity (Wildman–Crippen MR) is 79.8 cm³/mol. The zero-order valence-electron chi connectivity index (χ0n) is 11.4. The summed E-state index contributed by atoms with van der Waals surface area (Å²) in [5.41, 5.74) is 0.140. The fourth-order valence-corrected chi connectivity index (χ4v) is 2.67. The molecule has 0 spiro atoms. The molecule has 1 aliphatic rings. The summed E-state index contributed by atoms with van der Waals surface area (Å²) in [7, 11) is 0. The maximum atomic E-state index is 12.2. The second-order valence-corrected chi connectivity index (χ2v) is 6.13. The van der Waals surface area contributed by atoms with Gasteiger partial charge in [-0.15, -0.1) is 0 Å². The van der Waals surface area contributed by atoms with E-state index in [-0.39, 0.29) is 12.6 Å². The van der Waals surface area contributed by atoms with E-state index in [4.69, 9.17) is 10.4 Å². The van der Waals surface area contributed by atoms with E-state index in [2.05, 4.69) is 21.2 Å². The molecule has 1 atom stereocenters. The molecule has 2 rings (SSSR count). The number of carbonyl (C=O) groups is 2. The van der Waals surface area contributed by atoms with E-state index in [1.54, 1.807) is 25.1 Å². The monoisotopic (exact) mass is 351 g/mol. The number of carboxylic acid groups (broad SMARTS) is 1. The molecule has 1 fully saturated rings. The van der Waals surface area contributed by atoms with Gasteiger partial charge < -0.3 is 15.3 Å². The summed E-state index contributed by atoms with van der Waals surface area (Å²) in [6, 6.07) is 6.51. The lowest BCUT2D eigenvalue weighted by Gasteiger charge is -2.20. The lowest BCUT2D eigenvalue weighted by Crippen LogP contribution is -2.37. The minimum atomic E-state index is -0.891. The number of halogens is 1. The number of carbonyl (C=O) groups excluding carboxylic acids is 1. The van der Waals surface area contributed by atoms with Crippen molar-refractivity contribution in [3.05, 3.63) is 28.2 Å². The van der Waals surface area contributed by atoms with Crippen LogP contribution in [0.15, 0.2) is 22.7 Å². The van der Waals surface area contributed by atoms with Gasteiger partial charge in [-0.3, -0.25) is 4.79 Å². The molecule has 1 heterocycles. The van der Waals surface area contributed by atoms with Gasteiger partial charge in [-0.1, -0.05) is 0 Å². The molecule has 7 heteroatoms. The number of aliphatic carboxylic acids is 1. The number of carboxylic acids is 1. The van der Waals surface area contributed by atoms with Gasteiger partial charge >= 0.3 is 12.0 Å². The van der Waals surface area contributed by atoms with Crippen molar-refractivity contribution in [1.82, 2.24) is 4.90 Å². The van der Waals surface area contributed by atoms with Gasteiger partial charge in [0, 0.05) is 17.6 Å². The second kappa shape index (κ2) is 5.74. The predicted octanol–water partition coefficient (Wildman–Crippen LogP) is 2.65. The third-order valence-electron chi connectivity index (χ3n) is 3.62. The van der Waals surface area contributed by atoms with Gasteiger partial charge in [0.05, 0.1) is 22.7 Å². The number of nitriles is 1. The minimum absolute atomic E-state index is 0.183. The number of urea groups is 1. The van der Waals surface area contributed by atoms with E-state index in [9.17, 15) is 9.59 Å². The highest BCUT2D eigenvalue weighted by atomic mass is 79.9. The Balaban J connectivity index is 2.07. The van der Waals surface area contributed by atoms with Crippen LogP contribution in [0.5, 0.6) is 0 Å². The number of hydrogen-bond donors (Lipinski definition) is 2. The van der Waals surface area contributed by atoms with Crippen molar-refractivity contribution in [2.75, 3.05) is 18.4 Å². The van der Waals surface area contributed by atoms with E-state index in [0.717, 1.165) is 0 Å². The Kier molecular flexibility index (Phi) is 4.19. The smallest absolute Gasteiger partial charge is 0.321 e. The van der Waals surface area contributed by atoms with Crippen LogP contribution >= 0.6 is 15.9 Å². The van der Waals surface area contributed by atoms with Crippen molar-refractivity contribution in [3.63, 3.8) is 0 Å². The van der Waals surface area contributed by atoms with E-state index in [1.807, 2.05) is 6.07 Å². The first-order chi connectivity index (χ1) is 9.85. The van der Waals surface area contributed by atoms with Crippen LogP contribution in [0, 0.1) is 16.7 Å². The van der Waals surface area contributed by atoms with Crippen LogP contribution < -0.4 is 5.32 Å². The molecule has 1 unspecified atom stereocenters. The first-order valence-electron chi connectivity index (χ1n) is 6.35. The minimum Gasteiger partial charge on any atom is -0.481 e. The quantitative estimate of drug-likeness (QED) is 0.856. The lowest BCUT2D eigenvalue weighted by atomic mass is 9.90. The van der Waals surface area contributed by atoms with Gasteiger partial charge in [-0.05, 0) is 47.5 Å². The van der Waals surface area contributed by atoms with Crippen molar-refractivity contribution in [2.24, 2.45) is 5.41 Å². The molecule has 0 bridgehead atoms. The van der Waals surface area contributed by atoms with Gasteiger partial charge in [-0.2, -0.15) is 5.26 Å². The summed E-state index contributed by atoms with van der Waals surface area (Å²) >= 11 is 3.29. The van der Waals surface area contributed by atoms with E-state index in [1.165, 1.54) is 4.90 Å². The van der Waals surface area contributed by atoms with Crippen molar-refractivity contribution in [1.29, 1.82) is 5.26 Å². The zero-order chi connectivity index (χ0) is 15.6. The molecular weight excluding hydrogens is 338 g/mol. The standard InChI is InChI=1S/C14H14BrN3O3/c1-14(12(19)20)4-5-18(8-14)13(21)17-11-3-2-9(7-16)6-10(11)15/h2-3,6H,4-5,8H2,1H3,(H,17,21)(H,19,20). The van der Waals surface area contributed by atoms with Crippen LogP contribution in [0.4, 0.5) is 10.5 Å². The lowest BCUT2D eigenvalue weighted by molar-refractivity contribution is -0.146. The SMILES string of the molecule is CC1(C(=O)O)CCN(C(=O)Nc2ccc(C#N)cc2Br)C1. The first-order valence-corrected chi connectivity index (χ1v) is 7.14. The number of nitrogens with zero attached hydrogens (tertiary/aromatic N) is 2. The second-order valence-electron chi connectivity index (χ2n) is 5.27. The van der Waals surface area contributed by atoms with E-state index >= 15 is 0 Å². The van der Waals surface area contributed by atoms with Gasteiger partial charge in [0.15, 0.2) is 0 Å². The van der Waals surface area contributed by atoms with Crippen LogP contribution in [0.3, 0.4) is 0 Å². The molecule has 0 radical (unpaired) electrons. The number of nitrogens with one attached hydrogen (secondary N) is 1. The summed E-state index contributed by atoms with van der Waals surface area (Å²) in [6.45, 7) is 2.23. The van der Waals surface area contributed by atoms with Crippen molar-refractivity contribution in [2.45, 2.75) is 13.3 Å². The molecule has 0 saturated carbocycles. The molecule has 1 aliphatic heterocycles. The fraction of sp³-hybridized carbons (Fsp3) is 0.357. The molecule has 6 nitrogen and oxygen atoms in total. The fourth-order valence-electron chi connectivity index (χ4n) is 2.19. The molecule has 0 aromatic heterocycles. The first kappa shape index (κ1) is 15.3. The Bertz CT molecular complexity index is 641. The van der Waals surface area contributed by atoms with Crippen molar-refractivity contribution < 1.29 is 14.7 Å². The Hall–Kier alpha value is -2.07. The number of amides is 2. The van der Waals surface area contributed by atoms with Crippen LogP contribution in [-0.2, 0) is 4.79 Å². The summed E-state index contributed by atoms with van der Waals surface area (Å²) < 4.78 is 0.607. The van der Waals surface area contributed by atoms with Crippen LogP contribution in [0.25, 0.3) is 0 Å². The van der Waals surface area contributed by atoms with Gasteiger partial charge in [0.25, 0.3) is 0 Å². The van der Waals surface area contributed by atoms with Crippen LogP contribution in [0.2, 0.25) is 0 Å². The number of rotatable bonds is 2. The summed E-state index contributed by atoms with van der Waals surface area (Å²) in [4.78, 5) is 24.8. The Labute approximate surface area is 130 Å². The normalized spacial score (nSPS) is 20.9. The molecule has 1 saturated heterocycles. The topological polar surface area (TPSA) is 93.4 Å². The van der Waals surface area contributed by atoms with Crippen LogP contribution in [0.1, 0.15) is 18.9 Å². The third kappa shape index (κ3) is 3.16. The highest BCUT2D eigenvalue weighted by Gasteiger charge is 2.42. The molecule has 21 heavy (non-hydrogen) atoms. The maximum absolute atomic E-state index is 12.2. The van der Waals surface area contributed by atoms with E-state index < -0.39 is 11.4 Å². The van der Waals surface area contributed by atoms with Gasteiger partial charge in [-0.25, -0.2) is 4.79 Å². The molecule has 0 aliphatic carbocycles. The number of hydrogen-bond acceptors (Lipinski definition) is 3. The Morgan fingerprint density at radius 1 is 1.52 bits per heavy atom. The average molecular weight is 352 g/mol. The molecule has 2 amide bonds. The average Bonchev–Trinajstić information content (AvgIpc) is 2.85. The molecule has 2 N–H and O–H groups in total.